The molecule has 0 bridgehead atoms. The number of benzene rings is 2. The van der Waals surface area contributed by atoms with Crippen LogP contribution in [-0.4, -0.2) is 17.1 Å². The van der Waals surface area contributed by atoms with Crippen LogP contribution in [-0.2, 0) is 0 Å². The average molecular weight is 295 g/mol. The molecule has 0 unspecified atom stereocenters. The fourth-order valence-corrected chi connectivity index (χ4v) is 2.10. The number of ether oxygens (including phenoxy) is 1. The molecule has 0 atom stereocenters. The van der Waals surface area contributed by atoms with E-state index in [1.165, 1.54) is 0 Å². The normalized spacial score (nSPS) is 11.0. The summed E-state index contributed by atoms with van der Waals surface area (Å²) in [4.78, 5) is 7.16. The van der Waals surface area contributed by atoms with Gasteiger partial charge in [-0.15, -0.1) is 0 Å². The van der Waals surface area contributed by atoms with Crippen molar-refractivity contribution in [2.75, 3.05) is 7.11 Å². The van der Waals surface area contributed by atoms with E-state index in [1.54, 1.807) is 25.3 Å². The first kappa shape index (κ1) is 12.9. The van der Waals surface area contributed by atoms with Gasteiger partial charge in [0.05, 0.1) is 28.7 Å². The van der Waals surface area contributed by atoms with Crippen molar-refractivity contribution in [3.05, 3.63) is 47.0 Å². The lowest BCUT2D eigenvalue weighted by Crippen LogP contribution is -1.89. The van der Waals surface area contributed by atoms with Crippen LogP contribution in [0.1, 0.15) is 0 Å². The van der Waals surface area contributed by atoms with Gasteiger partial charge in [-0.2, -0.15) is 0 Å². The lowest BCUT2D eigenvalue weighted by molar-refractivity contribution is 0.415. The zero-order valence-corrected chi connectivity index (χ0v) is 11.1. The minimum absolute atomic E-state index is 0.0297. The number of imidazole rings is 1. The molecule has 3 nitrogen and oxygen atoms in total. The molecule has 0 aliphatic rings. The quantitative estimate of drug-likeness (QED) is 0.720. The standard InChI is InChI=1S/C14H9ClF2N2O/c1-20-7-2-3-12-13(4-7)19-14(18-12)8-5-11(17)9(15)6-10(8)16/h2-6H,1H3,(H,18,19). The van der Waals surface area contributed by atoms with Gasteiger partial charge in [0, 0.05) is 6.07 Å². The molecule has 1 aromatic heterocycles. The molecule has 0 radical (unpaired) electrons. The molecule has 102 valence electrons. The van der Waals surface area contributed by atoms with Crippen molar-refractivity contribution in [1.29, 1.82) is 0 Å². The molecule has 0 aliphatic carbocycles. The highest BCUT2D eigenvalue weighted by atomic mass is 35.5. The Bertz CT molecular complexity index is 801. The number of hydrogen-bond donors (Lipinski definition) is 1. The third-order valence-electron chi connectivity index (χ3n) is 2.95. The summed E-state index contributed by atoms with van der Waals surface area (Å²) in [6.07, 6.45) is 0. The zero-order valence-electron chi connectivity index (χ0n) is 10.4. The molecule has 3 rings (SSSR count). The topological polar surface area (TPSA) is 37.9 Å². The molecule has 3 aromatic rings. The Hall–Kier alpha value is -2.14. The van der Waals surface area contributed by atoms with Crippen molar-refractivity contribution >= 4 is 22.6 Å². The summed E-state index contributed by atoms with van der Waals surface area (Å²) in [5.74, 6) is -0.444. The van der Waals surface area contributed by atoms with Gasteiger partial charge in [0.25, 0.3) is 0 Å². The van der Waals surface area contributed by atoms with Gasteiger partial charge in [0.2, 0.25) is 0 Å². The predicted octanol–water partition coefficient (Wildman–Crippen LogP) is 4.17. The van der Waals surface area contributed by atoms with Gasteiger partial charge in [-0.3, -0.25) is 0 Å². The molecular weight excluding hydrogens is 286 g/mol. The van der Waals surface area contributed by atoms with Crippen molar-refractivity contribution in [1.82, 2.24) is 9.97 Å². The van der Waals surface area contributed by atoms with Gasteiger partial charge in [-0.25, -0.2) is 13.8 Å². The van der Waals surface area contributed by atoms with Crippen LogP contribution >= 0.6 is 11.6 Å². The van der Waals surface area contributed by atoms with Crippen molar-refractivity contribution in [3.63, 3.8) is 0 Å². The first-order valence-electron chi connectivity index (χ1n) is 5.77. The fourth-order valence-electron chi connectivity index (χ4n) is 1.95. The van der Waals surface area contributed by atoms with Crippen molar-refractivity contribution in [2.24, 2.45) is 0 Å². The summed E-state index contributed by atoms with van der Waals surface area (Å²) in [6, 6.07) is 7.16. The van der Waals surface area contributed by atoms with Crippen LogP contribution in [0.3, 0.4) is 0 Å². The molecule has 1 N–H and O–H groups in total. The summed E-state index contributed by atoms with van der Waals surface area (Å²) in [6.45, 7) is 0. The Morgan fingerprint density at radius 3 is 2.70 bits per heavy atom. The van der Waals surface area contributed by atoms with Crippen molar-refractivity contribution < 1.29 is 13.5 Å². The molecule has 1 heterocycles. The maximum Gasteiger partial charge on any atom is 0.142 e. The molecule has 20 heavy (non-hydrogen) atoms. The van der Waals surface area contributed by atoms with E-state index in [0.29, 0.717) is 16.8 Å². The van der Waals surface area contributed by atoms with Crippen LogP contribution in [0, 0.1) is 11.6 Å². The Morgan fingerprint density at radius 1 is 1.15 bits per heavy atom. The number of methoxy groups -OCH3 is 1. The Balaban J connectivity index is 2.17. The highest BCUT2D eigenvalue weighted by Crippen LogP contribution is 2.28. The van der Waals surface area contributed by atoms with Crippen LogP contribution in [0.15, 0.2) is 30.3 Å². The second-order valence-electron chi connectivity index (χ2n) is 4.21. The van der Waals surface area contributed by atoms with E-state index in [4.69, 9.17) is 16.3 Å². The molecule has 6 heteroatoms. The molecule has 2 aromatic carbocycles. The van der Waals surface area contributed by atoms with E-state index < -0.39 is 11.6 Å². The maximum absolute atomic E-state index is 13.9. The molecule has 0 fully saturated rings. The van der Waals surface area contributed by atoms with E-state index in [2.05, 4.69) is 9.97 Å². The second kappa shape index (κ2) is 4.76. The number of aromatic nitrogens is 2. The summed E-state index contributed by atoms with van der Waals surface area (Å²) in [7, 11) is 1.55. The Labute approximate surface area is 118 Å². The van der Waals surface area contributed by atoms with E-state index in [-0.39, 0.29) is 16.4 Å². The van der Waals surface area contributed by atoms with Crippen LogP contribution in [0.5, 0.6) is 5.75 Å². The molecule has 0 saturated carbocycles. The fraction of sp³-hybridized carbons (Fsp3) is 0.0714. The number of nitrogens with one attached hydrogen (secondary N) is 1. The Morgan fingerprint density at radius 2 is 1.95 bits per heavy atom. The molecular formula is C14H9ClF2N2O. The second-order valence-corrected chi connectivity index (χ2v) is 4.62. The predicted molar refractivity (Wildman–Crippen MR) is 73.0 cm³/mol. The minimum atomic E-state index is -0.693. The van der Waals surface area contributed by atoms with E-state index in [9.17, 15) is 8.78 Å². The summed E-state index contributed by atoms with van der Waals surface area (Å²) in [5, 5.41) is -0.260. The van der Waals surface area contributed by atoms with Crippen LogP contribution in [0.2, 0.25) is 5.02 Å². The monoisotopic (exact) mass is 294 g/mol. The number of rotatable bonds is 2. The van der Waals surface area contributed by atoms with E-state index in [0.717, 1.165) is 12.1 Å². The number of hydrogen-bond acceptors (Lipinski definition) is 2. The number of aromatic amines is 1. The van der Waals surface area contributed by atoms with Crippen molar-refractivity contribution in [2.45, 2.75) is 0 Å². The van der Waals surface area contributed by atoms with E-state index >= 15 is 0 Å². The van der Waals surface area contributed by atoms with Gasteiger partial charge in [-0.05, 0) is 24.3 Å². The van der Waals surface area contributed by atoms with Crippen molar-refractivity contribution in [3.8, 4) is 17.1 Å². The summed E-state index contributed by atoms with van der Waals surface area (Å²) < 4.78 is 32.4. The molecule has 0 aliphatic heterocycles. The summed E-state index contributed by atoms with van der Waals surface area (Å²) in [5.41, 5.74) is 1.34. The van der Waals surface area contributed by atoms with Crippen LogP contribution in [0.25, 0.3) is 22.4 Å². The van der Waals surface area contributed by atoms with E-state index in [1.807, 2.05) is 0 Å². The molecule has 0 saturated heterocycles. The van der Waals surface area contributed by atoms with Gasteiger partial charge in [0.1, 0.15) is 23.2 Å². The first-order valence-corrected chi connectivity index (χ1v) is 6.15. The molecule has 0 amide bonds. The highest BCUT2D eigenvalue weighted by molar-refractivity contribution is 6.30. The van der Waals surface area contributed by atoms with Gasteiger partial charge < -0.3 is 9.72 Å². The van der Waals surface area contributed by atoms with Gasteiger partial charge in [0.15, 0.2) is 0 Å². The third-order valence-corrected chi connectivity index (χ3v) is 3.24. The van der Waals surface area contributed by atoms with Gasteiger partial charge >= 0.3 is 0 Å². The number of fused-ring (bicyclic) bond motifs is 1. The highest BCUT2D eigenvalue weighted by Gasteiger charge is 2.14. The lowest BCUT2D eigenvalue weighted by atomic mass is 10.2. The van der Waals surface area contributed by atoms with Gasteiger partial charge in [-0.1, -0.05) is 11.6 Å². The first-order chi connectivity index (χ1) is 9.58. The summed E-state index contributed by atoms with van der Waals surface area (Å²) >= 11 is 5.53. The van der Waals surface area contributed by atoms with Crippen LogP contribution < -0.4 is 4.74 Å². The Kier molecular flexibility index (Phi) is 3.06. The largest absolute Gasteiger partial charge is 0.497 e. The number of nitrogens with zero attached hydrogens (tertiary/aromatic N) is 1. The zero-order chi connectivity index (χ0) is 14.3. The third kappa shape index (κ3) is 2.10. The molecule has 0 spiro atoms. The minimum Gasteiger partial charge on any atom is -0.497 e. The lowest BCUT2D eigenvalue weighted by Gasteiger charge is -2.01. The SMILES string of the molecule is COc1ccc2nc(-c3cc(F)c(Cl)cc3F)[nH]c2c1. The number of H-pyrrole nitrogens is 1. The maximum atomic E-state index is 13.9. The average Bonchev–Trinajstić information content (AvgIpc) is 2.85. The smallest absolute Gasteiger partial charge is 0.142 e. The van der Waals surface area contributed by atoms with Crippen LogP contribution in [0.4, 0.5) is 8.78 Å². The number of halogens is 3.